The van der Waals surface area contributed by atoms with Crippen LogP contribution in [0.3, 0.4) is 0 Å². The van der Waals surface area contributed by atoms with Crippen molar-refractivity contribution in [1.82, 2.24) is 9.88 Å². The Morgan fingerprint density at radius 1 is 1.53 bits per heavy atom. The monoisotopic (exact) mass is 293 g/mol. The summed E-state index contributed by atoms with van der Waals surface area (Å²) < 4.78 is 37.4. The van der Waals surface area contributed by atoms with Crippen LogP contribution < -0.4 is 5.73 Å². The molecular weight excluding hydrogens is 279 g/mol. The van der Waals surface area contributed by atoms with Gasteiger partial charge in [-0.15, -0.1) is 11.3 Å². The lowest BCUT2D eigenvalue weighted by Gasteiger charge is -2.22. The number of nitrogens with two attached hydrogens (primary N) is 1. The Morgan fingerprint density at radius 3 is 2.74 bits per heavy atom. The molecule has 4 nitrogen and oxygen atoms in total. The molecule has 0 unspecified atom stereocenters. The van der Waals surface area contributed by atoms with E-state index in [-0.39, 0.29) is 11.7 Å². The van der Waals surface area contributed by atoms with E-state index in [1.165, 1.54) is 16.7 Å². The van der Waals surface area contributed by atoms with E-state index in [2.05, 4.69) is 4.98 Å². The predicted octanol–water partition coefficient (Wildman–Crippen LogP) is 1.81. The minimum absolute atomic E-state index is 0.0876. The van der Waals surface area contributed by atoms with Crippen LogP contribution in [-0.4, -0.2) is 41.1 Å². The molecule has 1 amide bonds. The lowest BCUT2D eigenvalue weighted by Crippen LogP contribution is -2.40. The van der Waals surface area contributed by atoms with Gasteiger partial charge in [0, 0.05) is 17.8 Å². The molecule has 8 heteroatoms. The molecule has 0 bridgehead atoms. The van der Waals surface area contributed by atoms with Crippen LogP contribution >= 0.6 is 11.3 Å². The molecular formula is C11H14F3N3OS. The fraction of sp³-hybridized carbons (Fsp3) is 0.636. The summed E-state index contributed by atoms with van der Waals surface area (Å²) in [5.74, 6) is -0.639. The Bertz CT molecular complexity index is 456. The molecule has 0 radical (unpaired) electrons. The van der Waals surface area contributed by atoms with Crippen LogP contribution in [0.15, 0.2) is 5.38 Å². The number of halogens is 3. The van der Waals surface area contributed by atoms with Crippen LogP contribution in [0.2, 0.25) is 0 Å². The van der Waals surface area contributed by atoms with Crippen molar-refractivity contribution < 1.29 is 18.0 Å². The number of alkyl halides is 3. The van der Waals surface area contributed by atoms with E-state index in [1.54, 1.807) is 0 Å². The van der Waals surface area contributed by atoms with Gasteiger partial charge in [0.1, 0.15) is 12.2 Å². The molecule has 1 fully saturated rings. The SMILES string of the molecule is NCCc1nc(C(=O)N(CC(F)(F)F)C2CC2)cs1. The average molecular weight is 293 g/mol. The molecule has 1 aliphatic carbocycles. The number of aromatic nitrogens is 1. The standard InChI is InChI=1S/C11H14F3N3OS/c12-11(13,14)6-17(7-1-2-7)10(18)8-5-19-9(16-8)3-4-15/h5,7H,1-4,6,15H2. The summed E-state index contributed by atoms with van der Waals surface area (Å²) in [5.41, 5.74) is 5.46. The first-order valence-corrected chi connectivity index (χ1v) is 6.81. The summed E-state index contributed by atoms with van der Waals surface area (Å²) in [6.07, 6.45) is -2.60. The second kappa shape index (κ2) is 5.46. The first-order chi connectivity index (χ1) is 8.90. The molecule has 1 heterocycles. The smallest absolute Gasteiger partial charge is 0.330 e. The van der Waals surface area contributed by atoms with Crippen molar-refractivity contribution in [1.29, 1.82) is 0 Å². The molecule has 0 aliphatic heterocycles. The molecule has 0 spiro atoms. The Labute approximate surface area is 112 Å². The van der Waals surface area contributed by atoms with E-state index in [1.807, 2.05) is 0 Å². The van der Waals surface area contributed by atoms with Crippen LogP contribution in [0.5, 0.6) is 0 Å². The predicted molar refractivity (Wildman–Crippen MR) is 65.0 cm³/mol. The van der Waals surface area contributed by atoms with Crippen molar-refractivity contribution in [2.75, 3.05) is 13.1 Å². The number of thiazole rings is 1. The van der Waals surface area contributed by atoms with Gasteiger partial charge in [0.2, 0.25) is 0 Å². The third kappa shape index (κ3) is 3.90. The van der Waals surface area contributed by atoms with Gasteiger partial charge in [-0.05, 0) is 19.4 Å². The third-order valence-corrected chi connectivity index (χ3v) is 3.64. The summed E-state index contributed by atoms with van der Waals surface area (Å²) in [7, 11) is 0. The van der Waals surface area contributed by atoms with Crippen LogP contribution in [0.4, 0.5) is 13.2 Å². The van der Waals surface area contributed by atoms with Crippen molar-refractivity contribution in [3.8, 4) is 0 Å². The van der Waals surface area contributed by atoms with Gasteiger partial charge in [0.05, 0.1) is 5.01 Å². The summed E-state index contributed by atoms with van der Waals surface area (Å²) in [6.45, 7) is -0.809. The summed E-state index contributed by atoms with van der Waals surface area (Å²) in [4.78, 5) is 17.0. The van der Waals surface area contributed by atoms with Crippen LogP contribution in [0.1, 0.15) is 28.3 Å². The number of nitrogens with zero attached hydrogens (tertiary/aromatic N) is 2. The molecule has 1 aliphatic rings. The first-order valence-electron chi connectivity index (χ1n) is 5.93. The Kier molecular flexibility index (Phi) is 4.10. The lowest BCUT2D eigenvalue weighted by molar-refractivity contribution is -0.141. The second-order valence-corrected chi connectivity index (χ2v) is 5.39. The van der Waals surface area contributed by atoms with E-state index >= 15 is 0 Å². The second-order valence-electron chi connectivity index (χ2n) is 4.44. The highest BCUT2D eigenvalue weighted by Crippen LogP contribution is 2.31. The van der Waals surface area contributed by atoms with Crippen molar-refractivity contribution in [2.45, 2.75) is 31.5 Å². The molecule has 0 atom stereocenters. The minimum Gasteiger partial charge on any atom is -0.330 e. The molecule has 19 heavy (non-hydrogen) atoms. The summed E-state index contributed by atoms with van der Waals surface area (Å²) >= 11 is 1.25. The zero-order valence-corrected chi connectivity index (χ0v) is 10.9. The first kappa shape index (κ1) is 14.3. The lowest BCUT2D eigenvalue weighted by atomic mass is 10.3. The molecule has 2 rings (SSSR count). The summed E-state index contributed by atoms with van der Waals surface area (Å²) in [5, 5.41) is 2.17. The zero-order chi connectivity index (χ0) is 14.0. The fourth-order valence-corrected chi connectivity index (χ4v) is 2.53. The molecule has 2 N–H and O–H groups in total. The largest absolute Gasteiger partial charge is 0.406 e. The maximum absolute atomic E-state index is 12.5. The van der Waals surface area contributed by atoms with Gasteiger partial charge in [0.25, 0.3) is 5.91 Å². The van der Waals surface area contributed by atoms with Gasteiger partial charge < -0.3 is 10.6 Å². The van der Waals surface area contributed by atoms with E-state index in [0.29, 0.717) is 30.8 Å². The molecule has 1 aromatic rings. The molecule has 1 saturated carbocycles. The van der Waals surface area contributed by atoms with Crippen LogP contribution in [0, 0.1) is 0 Å². The van der Waals surface area contributed by atoms with Gasteiger partial charge >= 0.3 is 6.18 Å². The van der Waals surface area contributed by atoms with E-state index in [9.17, 15) is 18.0 Å². The Hall–Kier alpha value is -1.15. The molecule has 106 valence electrons. The number of carbonyl (C=O) groups is 1. The number of amides is 1. The molecule has 0 saturated heterocycles. The van der Waals surface area contributed by atoms with Crippen molar-refractivity contribution in [3.05, 3.63) is 16.1 Å². The highest BCUT2D eigenvalue weighted by Gasteiger charge is 2.41. The Morgan fingerprint density at radius 2 is 2.21 bits per heavy atom. The number of hydrogen-bond acceptors (Lipinski definition) is 4. The highest BCUT2D eigenvalue weighted by molar-refractivity contribution is 7.09. The van der Waals surface area contributed by atoms with Gasteiger partial charge in [0.15, 0.2) is 0 Å². The molecule has 1 aromatic heterocycles. The number of rotatable bonds is 5. The maximum atomic E-state index is 12.5. The Balaban J connectivity index is 2.09. The number of carbonyl (C=O) groups excluding carboxylic acids is 1. The van der Waals surface area contributed by atoms with Crippen LogP contribution in [0.25, 0.3) is 0 Å². The average Bonchev–Trinajstić information content (AvgIpc) is 3.05. The highest BCUT2D eigenvalue weighted by atomic mass is 32.1. The topological polar surface area (TPSA) is 59.2 Å². The minimum atomic E-state index is -4.38. The van der Waals surface area contributed by atoms with Crippen molar-refractivity contribution in [2.24, 2.45) is 5.73 Å². The van der Waals surface area contributed by atoms with E-state index < -0.39 is 18.6 Å². The third-order valence-electron chi connectivity index (χ3n) is 2.73. The normalized spacial score (nSPS) is 15.6. The van der Waals surface area contributed by atoms with E-state index in [4.69, 9.17) is 5.73 Å². The van der Waals surface area contributed by atoms with Gasteiger partial charge in [-0.3, -0.25) is 4.79 Å². The van der Waals surface area contributed by atoms with Gasteiger partial charge in [-0.25, -0.2) is 4.98 Å². The van der Waals surface area contributed by atoms with Gasteiger partial charge in [-0.1, -0.05) is 0 Å². The quantitative estimate of drug-likeness (QED) is 0.900. The zero-order valence-electron chi connectivity index (χ0n) is 10.1. The van der Waals surface area contributed by atoms with Crippen molar-refractivity contribution in [3.63, 3.8) is 0 Å². The maximum Gasteiger partial charge on any atom is 0.406 e. The summed E-state index contributed by atoms with van der Waals surface area (Å²) in [6, 6.07) is -0.297. The fourth-order valence-electron chi connectivity index (χ4n) is 1.74. The number of hydrogen-bond donors (Lipinski definition) is 1. The van der Waals surface area contributed by atoms with Gasteiger partial charge in [-0.2, -0.15) is 13.2 Å². The van der Waals surface area contributed by atoms with Crippen molar-refractivity contribution >= 4 is 17.2 Å². The van der Waals surface area contributed by atoms with E-state index in [0.717, 1.165) is 4.90 Å². The molecule has 0 aromatic carbocycles. The van der Waals surface area contributed by atoms with Crippen LogP contribution in [-0.2, 0) is 6.42 Å².